The first kappa shape index (κ1) is 16.4. The van der Waals surface area contributed by atoms with Gasteiger partial charge in [0.05, 0.1) is 12.8 Å². The topological polar surface area (TPSA) is 137 Å². The summed E-state index contributed by atoms with van der Waals surface area (Å²) in [5, 5.41) is 19.1. The van der Waals surface area contributed by atoms with Gasteiger partial charge in [-0.05, 0) is 0 Å². The molecule has 114 valence electrons. The van der Waals surface area contributed by atoms with Crippen molar-refractivity contribution in [1.29, 1.82) is 0 Å². The Labute approximate surface area is 112 Å². The van der Waals surface area contributed by atoms with Gasteiger partial charge < -0.3 is 26.4 Å². The van der Waals surface area contributed by atoms with Gasteiger partial charge in [0.2, 0.25) is 6.30 Å². The van der Waals surface area contributed by atoms with Crippen LogP contribution in [0.4, 0.5) is 14.6 Å². The van der Waals surface area contributed by atoms with Crippen LogP contribution >= 0.6 is 0 Å². The van der Waals surface area contributed by atoms with Crippen LogP contribution in [0, 0.1) is 5.82 Å². The van der Waals surface area contributed by atoms with Crippen LogP contribution in [-0.4, -0.2) is 51.7 Å². The van der Waals surface area contributed by atoms with Crippen molar-refractivity contribution in [2.24, 2.45) is 5.73 Å². The molecule has 0 aliphatic carbocycles. The Kier molecular flexibility index (Phi) is 5.11. The normalized spacial score (nSPS) is 17.5. The first-order valence-corrected chi connectivity index (χ1v) is 5.55. The molecule has 20 heavy (non-hydrogen) atoms. The lowest BCUT2D eigenvalue weighted by Crippen LogP contribution is -2.56. The Morgan fingerprint density at radius 1 is 1.65 bits per heavy atom. The van der Waals surface area contributed by atoms with Gasteiger partial charge in [-0.15, -0.1) is 0 Å². The molecule has 0 amide bonds. The largest absolute Gasteiger partial charge is 0.393 e. The Morgan fingerprint density at radius 2 is 2.25 bits per heavy atom. The molecule has 8 nitrogen and oxygen atoms in total. The zero-order chi connectivity index (χ0) is 15.5. The molecular weight excluding hydrogens is 278 g/mol. The summed E-state index contributed by atoms with van der Waals surface area (Å²) in [6.07, 6.45) is -3.99. The molecule has 1 aromatic rings. The van der Waals surface area contributed by atoms with Crippen LogP contribution < -0.4 is 17.2 Å². The summed E-state index contributed by atoms with van der Waals surface area (Å²) in [6.45, 7) is -1.23. The van der Waals surface area contributed by atoms with Gasteiger partial charge in [0.15, 0.2) is 11.6 Å². The number of halogens is 2. The van der Waals surface area contributed by atoms with Gasteiger partial charge in [-0.25, -0.2) is 13.6 Å². The maximum atomic E-state index is 14.2. The van der Waals surface area contributed by atoms with Crippen LogP contribution in [0.1, 0.15) is 6.30 Å². The molecule has 0 saturated heterocycles. The molecule has 0 spiro atoms. The molecule has 0 unspecified atom stereocenters. The van der Waals surface area contributed by atoms with E-state index >= 15 is 0 Å². The molecule has 0 bridgehead atoms. The lowest BCUT2D eigenvalue weighted by Gasteiger charge is -2.35. The van der Waals surface area contributed by atoms with Crippen molar-refractivity contribution in [2.45, 2.75) is 18.0 Å². The molecule has 1 rings (SSSR count). The predicted octanol–water partition coefficient (Wildman–Crippen LogP) is -1.87. The molecule has 1 heterocycles. The summed E-state index contributed by atoms with van der Waals surface area (Å²) in [5.41, 5.74) is 7.35. The molecule has 0 saturated carbocycles. The van der Waals surface area contributed by atoms with Gasteiger partial charge in [0, 0.05) is 13.7 Å². The van der Waals surface area contributed by atoms with E-state index in [-0.39, 0.29) is 4.57 Å². The molecule has 0 aliphatic heterocycles. The van der Waals surface area contributed by atoms with Crippen LogP contribution in [-0.2, 0) is 4.74 Å². The van der Waals surface area contributed by atoms with Crippen LogP contribution in [0.5, 0.6) is 0 Å². The smallest absolute Gasteiger partial charge is 0.352 e. The second kappa shape index (κ2) is 6.22. The number of hydrogen-bond donors (Lipinski definition) is 4. The predicted molar refractivity (Wildman–Crippen MR) is 64.9 cm³/mol. The number of methoxy groups -OCH3 is 1. The highest BCUT2D eigenvalue weighted by Gasteiger charge is 2.43. The molecule has 1 aromatic heterocycles. The maximum Gasteiger partial charge on any atom is 0.352 e. The fourth-order valence-electron chi connectivity index (χ4n) is 1.58. The Hall–Kier alpha value is -1.62. The van der Waals surface area contributed by atoms with Crippen LogP contribution in [0.3, 0.4) is 0 Å². The fraction of sp³-hybridized carbons (Fsp3) is 0.600. The summed E-state index contributed by atoms with van der Waals surface area (Å²) in [7, 11) is 1.10. The zero-order valence-corrected chi connectivity index (χ0v) is 10.7. The third kappa shape index (κ3) is 2.77. The second-order valence-corrected chi connectivity index (χ2v) is 4.11. The lowest BCUT2D eigenvalue weighted by molar-refractivity contribution is -0.158. The number of hydrogen-bond acceptors (Lipinski definition) is 7. The molecule has 0 radical (unpaired) electrons. The van der Waals surface area contributed by atoms with Crippen molar-refractivity contribution in [1.82, 2.24) is 9.55 Å². The quantitative estimate of drug-likeness (QED) is 0.482. The number of alkyl halides is 1. The summed E-state index contributed by atoms with van der Waals surface area (Å²) < 4.78 is 32.4. The highest BCUT2D eigenvalue weighted by molar-refractivity contribution is 5.26. The van der Waals surface area contributed by atoms with Gasteiger partial charge in [-0.1, -0.05) is 0 Å². The number of aromatic nitrogens is 2. The minimum absolute atomic E-state index is 0.204. The van der Waals surface area contributed by atoms with E-state index in [9.17, 15) is 23.8 Å². The van der Waals surface area contributed by atoms with Gasteiger partial charge in [0.25, 0.3) is 0 Å². The third-order valence-electron chi connectivity index (χ3n) is 3.02. The SMILES string of the molecule is CO[C@](CN)(CO)[C@@H](O)[C@@H](F)n1cc(F)c(N)nc1=O. The molecular formula is C10H16F2N4O4. The minimum atomic E-state index is -2.43. The molecule has 10 heteroatoms. The van der Waals surface area contributed by atoms with Gasteiger partial charge in [-0.2, -0.15) is 4.98 Å². The number of nitrogens with two attached hydrogens (primary N) is 2. The molecule has 0 fully saturated rings. The van der Waals surface area contributed by atoms with Crippen molar-refractivity contribution < 1.29 is 23.7 Å². The number of ether oxygens (including phenoxy) is 1. The molecule has 0 aromatic carbocycles. The van der Waals surface area contributed by atoms with Crippen molar-refractivity contribution in [2.75, 3.05) is 26.0 Å². The number of nitrogen functional groups attached to an aromatic ring is 1. The Bertz CT molecular complexity index is 512. The first-order valence-electron chi connectivity index (χ1n) is 5.55. The highest BCUT2D eigenvalue weighted by Crippen LogP contribution is 2.24. The summed E-state index contributed by atoms with van der Waals surface area (Å²) >= 11 is 0. The summed E-state index contributed by atoms with van der Waals surface area (Å²) in [4.78, 5) is 14.5. The lowest BCUT2D eigenvalue weighted by atomic mass is 9.96. The van der Waals surface area contributed by atoms with Crippen LogP contribution in [0.2, 0.25) is 0 Å². The van der Waals surface area contributed by atoms with Crippen LogP contribution in [0.25, 0.3) is 0 Å². The third-order valence-corrected chi connectivity index (χ3v) is 3.02. The van der Waals surface area contributed by atoms with E-state index in [1.807, 2.05) is 0 Å². The van der Waals surface area contributed by atoms with Crippen molar-refractivity contribution in [3.63, 3.8) is 0 Å². The van der Waals surface area contributed by atoms with E-state index in [1.165, 1.54) is 0 Å². The van der Waals surface area contributed by atoms with E-state index < -0.39 is 48.5 Å². The van der Waals surface area contributed by atoms with Crippen molar-refractivity contribution in [3.05, 3.63) is 22.5 Å². The van der Waals surface area contributed by atoms with Gasteiger partial charge in [-0.3, -0.25) is 4.57 Å². The van der Waals surface area contributed by atoms with E-state index in [1.54, 1.807) is 0 Å². The second-order valence-electron chi connectivity index (χ2n) is 4.11. The van der Waals surface area contributed by atoms with Gasteiger partial charge >= 0.3 is 5.69 Å². The number of aliphatic hydroxyl groups excluding tert-OH is 2. The van der Waals surface area contributed by atoms with E-state index in [0.29, 0.717) is 6.20 Å². The number of anilines is 1. The average molecular weight is 294 g/mol. The van der Waals surface area contributed by atoms with E-state index in [2.05, 4.69) is 4.98 Å². The summed E-state index contributed by atoms with van der Waals surface area (Å²) in [6, 6.07) is 0. The highest BCUT2D eigenvalue weighted by atomic mass is 19.1. The molecule has 3 atom stereocenters. The number of aliphatic hydroxyl groups is 2. The van der Waals surface area contributed by atoms with E-state index in [0.717, 1.165) is 7.11 Å². The van der Waals surface area contributed by atoms with Gasteiger partial charge in [0.1, 0.15) is 11.7 Å². The van der Waals surface area contributed by atoms with Crippen molar-refractivity contribution >= 4 is 5.82 Å². The maximum absolute atomic E-state index is 14.2. The number of rotatable bonds is 6. The average Bonchev–Trinajstić information content (AvgIpc) is 2.44. The molecule has 0 aliphatic rings. The Balaban J connectivity index is 3.21. The van der Waals surface area contributed by atoms with Crippen molar-refractivity contribution in [3.8, 4) is 0 Å². The zero-order valence-electron chi connectivity index (χ0n) is 10.7. The number of nitrogens with zero attached hydrogens (tertiary/aromatic N) is 2. The first-order chi connectivity index (χ1) is 9.32. The summed E-state index contributed by atoms with van der Waals surface area (Å²) in [5.74, 6) is -1.81. The van der Waals surface area contributed by atoms with Crippen LogP contribution in [0.15, 0.2) is 11.0 Å². The standard InChI is InChI=1S/C10H16F2N4O4/c1-20-10(3-13,4-17)6(18)7(12)16-2-5(11)8(14)15-9(16)19/h2,6-7,17-18H,3-4,13H2,1H3,(H2,14,15,19)/t6-,7-,10+/m0/s1. The monoisotopic (exact) mass is 294 g/mol. The van der Waals surface area contributed by atoms with E-state index in [4.69, 9.17) is 16.2 Å². The fourth-order valence-corrected chi connectivity index (χ4v) is 1.58. The Morgan fingerprint density at radius 3 is 2.70 bits per heavy atom. The molecule has 6 N–H and O–H groups in total. The minimum Gasteiger partial charge on any atom is -0.393 e.